The van der Waals surface area contributed by atoms with Crippen LogP contribution < -0.4 is 10.2 Å². The molecule has 1 aromatic heterocycles. The zero-order chi connectivity index (χ0) is 13.1. The number of rotatable bonds is 6. The predicted octanol–water partition coefficient (Wildman–Crippen LogP) is 2.21. The van der Waals surface area contributed by atoms with Gasteiger partial charge < -0.3 is 10.2 Å². The fraction of sp³-hybridized carbons (Fsp3) is 0.714. The van der Waals surface area contributed by atoms with Crippen LogP contribution >= 0.6 is 0 Å². The molecule has 4 heteroatoms. The largest absolute Gasteiger partial charge is 0.355 e. The highest BCUT2D eigenvalue weighted by molar-refractivity contribution is 5.37. The average molecular weight is 248 g/mol. The Kier molecular flexibility index (Phi) is 4.17. The molecule has 2 rings (SSSR count). The third kappa shape index (κ3) is 3.42. The van der Waals surface area contributed by atoms with E-state index in [4.69, 9.17) is 0 Å². The van der Waals surface area contributed by atoms with Crippen molar-refractivity contribution in [2.75, 3.05) is 11.9 Å². The van der Waals surface area contributed by atoms with Crippen LogP contribution in [0.5, 0.6) is 0 Å². The lowest BCUT2D eigenvalue weighted by Gasteiger charge is -2.28. The van der Waals surface area contributed by atoms with Crippen molar-refractivity contribution in [1.29, 1.82) is 0 Å². The number of hydrogen-bond donors (Lipinski definition) is 1. The second-order valence-corrected chi connectivity index (χ2v) is 5.63. The minimum atomic E-state index is 0.467. The summed E-state index contributed by atoms with van der Waals surface area (Å²) in [7, 11) is 2.08. The first-order chi connectivity index (χ1) is 8.58. The normalized spacial score (nSPS) is 16.9. The van der Waals surface area contributed by atoms with Gasteiger partial charge in [0.1, 0.15) is 0 Å². The number of hydrogen-bond acceptors (Lipinski definition) is 4. The van der Waals surface area contributed by atoms with Crippen LogP contribution in [0.25, 0.3) is 0 Å². The summed E-state index contributed by atoms with van der Waals surface area (Å²) in [5.41, 5.74) is 1.02. The molecule has 1 atom stereocenters. The molecule has 1 heterocycles. The first kappa shape index (κ1) is 13.3. The molecule has 0 aliphatic heterocycles. The Hall–Kier alpha value is -1.16. The molecule has 0 radical (unpaired) electrons. The molecule has 0 spiro atoms. The van der Waals surface area contributed by atoms with Crippen LogP contribution in [0.4, 0.5) is 5.82 Å². The van der Waals surface area contributed by atoms with Gasteiger partial charge in [0, 0.05) is 25.7 Å². The smallest absolute Gasteiger partial charge is 0.151 e. The first-order valence-corrected chi connectivity index (χ1v) is 6.86. The SMILES string of the molecule is CC(C)C(C)N(C)c1ccc(CNC2CC2)nn1. The second kappa shape index (κ2) is 5.65. The Morgan fingerprint density at radius 1 is 1.28 bits per heavy atom. The highest BCUT2D eigenvalue weighted by Crippen LogP contribution is 2.19. The molecule has 4 nitrogen and oxygen atoms in total. The predicted molar refractivity (Wildman–Crippen MR) is 74.6 cm³/mol. The van der Waals surface area contributed by atoms with Crippen molar-refractivity contribution in [3.8, 4) is 0 Å². The molecule has 1 aliphatic carbocycles. The lowest BCUT2D eigenvalue weighted by atomic mass is 10.1. The van der Waals surface area contributed by atoms with Crippen LogP contribution in [0.2, 0.25) is 0 Å². The molecule has 100 valence electrons. The van der Waals surface area contributed by atoms with E-state index in [2.05, 4.69) is 60.4 Å². The van der Waals surface area contributed by atoms with E-state index < -0.39 is 0 Å². The second-order valence-electron chi connectivity index (χ2n) is 5.63. The van der Waals surface area contributed by atoms with E-state index in [1.807, 2.05) is 0 Å². The van der Waals surface area contributed by atoms with Crippen molar-refractivity contribution in [3.63, 3.8) is 0 Å². The van der Waals surface area contributed by atoms with Crippen molar-refractivity contribution in [2.24, 2.45) is 5.92 Å². The summed E-state index contributed by atoms with van der Waals surface area (Å²) < 4.78 is 0. The minimum Gasteiger partial charge on any atom is -0.355 e. The van der Waals surface area contributed by atoms with Crippen molar-refractivity contribution in [2.45, 2.75) is 52.2 Å². The summed E-state index contributed by atoms with van der Waals surface area (Å²) in [6, 6.07) is 5.32. The Morgan fingerprint density at radius 2 is 2.00 bits per heavy atom. The zero-order valence-electron chi connectivity index (χ0n) is 11.8. The Labute approximate surface area is 110 Å². The van der Waals surface area contributed by atoms with Gasteiger partial charge in [0.2, 0.25) is 0 Å². The van der Waals surface area contributed by atoms with E-state index in [1.165, 1.54) is 12.8 Å². The van der Waals surface area contributed by atoms with Gasteiger partial charge in [-0.25, -0.2) is 0 Å². The number of nitrogens with zero attached hydrogens (tertiary/aromatic N) is 3. The summed E-state index contributed by atoms with van der Waals surface area (Å²) >= 11 is 0. The molecular formula is C14H24N4. The van der Waals surface area contributed by atoms with Crippen molar-refractivity contribution in [3.05, 3.63) is 17.8 Å². The molecule has 1 unspecified atom stereocenters. The lowest BCUT2D eigenvalue weighted by Crippen LogP contribution is -2.34. The number of aromatic nitrogens is 2. The molecule has 0 saturated heterocycles. The zero-order valence-corrected chi connectivity index (χ0v) is 11.8. The monoisotopic (exact) mass is 248 g/mol. The van der Waals surface area contributed by atoms with E-state index >= 15 is 0 Å². The van der Waals surface area contributed by atoms with E-state index in [0.717, 1.165) is 24.1 Å². The molecular weight excluding hydrogens is 224 g/mol. The molecule has 18 heavy (non-hydrogen) atoms. The lowest BCUT2D eigenvalue weighted by molar-refractivity contribution is 0.501. The van der Waals surface area contributed by atoms with Gasteiger partial charge in [0.05, 0.1) is 5.69 Å². The van der Waals surface area contributed by atoms with E-state index in [1.54, 1.807) is 0 Å². The molecule has 1 aromatic rings. The molecule has 1 aliphatic rings. The Bertz CT molecular complexity index is 370. The summed E-state index contributed by atoms with van der Waals surface area (Å²) in [6.07, 6.45) is 2.61. The third-order valence-corrected chi connectivity index (χ3v) is 3.79. The quantitative estimate of drug-likeness (QED) is 0.838. The molecule has 0 amide bonds. The van der Waals surface area contributed by atoms with Gasteiger partial charge in [0.15, 0.2) is 5.82 Å². The van der Waals surface area contributed by atoms with Crippen LogP contribution in [0.1, 0.15) is 39.3 Å². The van der Waals surface area contributed by atoms with Gasteiger partial charge in [-0.1, -0.05) is 13.8 Å². The summed E-state index contributed by atoms with van der Waals surface area (Å²) in [6.45, 7) is 7.50. The molecule has 1 N–H and O–H groups in total. The van der Waals surface area contributed by atoms with Gasteiger partial charge in [-0.3, -0.25) is 0 Å². The molecule has 1 saturated carbocycles. The maximum absolute atomic E-state index is 4.32. The maximum Gasteiger partial charge on any atom is 0.151 e. The fourth-order valence-corrected chi connectivity index (χ4v) is 1.83. The topological polar surface area (TPSA) is 41.0 Å². The Balaban J connectivity index is 1.93. The highest BCUT2D eigenvalue weighted by Gasteiger charge is 2.20. The van der Waals surface area contributed by atoms with Gasteiger partial charge in [-0.2, -0.15) is 5.10 Å². The van der Waals surface area contributed by atoms with Crippen molar-refractivity contribution < 1.29 is 0 Å². The molecule has 1 fully saturated rings. The van der Waals surface area contributed by atoms with Gasteiger partial charge in [0.25, 0.3) is 0 Å². The van der Waals surface area contributed by atoms with Gasteiger partial charge >= 0.3 is 0 Å². The summed E-state index contributed by atoms with van der Waals surface area (Å²) in [4.78, 5) is 2.19. The highest BCUT2D eigenvalue weighted by atomic mass is 15.3. The molecule has 0 bridgehead atoms. The van der Waals surface area contributed by atoms with Gasteiger partial charge in [-0.05, 0) is 37.8 Å². The van der Waals surface area contributed by atoms with Gasteiger partial charge in [-0.15, -0.1) is 5.10 Å². The standard InChI is InChI=1S/C14H24N4/c1-10(2)11(3)18(4)14-8-7-13(16-17-14)9-15-12-5-6-12/h7-8,10-12,15H,5-6,9H2,1-4H3. The maximum atomic E-state index is 4.32. The average Bonchev–Trinajstić information content (AvgIpc) is 3.19. The summed E-state index contributed by atoms with van der Waals surface area (Å²) in [5, 5.41) is 12.0. The third-order valence-electron chi connectivity index (χ3n) is 3.79. The molecule has 0 aromatic carbocycles. The first-order valence-electron chi connectivity index (χ1n) is 6.86. The number of nitrogens with one attached hydrogen (secondary N) is 1. The van der Waals surface area contributed by atoms with Crippen LogP contribution in [0, 0.1) is 5.92 Å². The minimum absolute atomic E-state index is 0.467. The summed E-state index contributed by atoms with van der Waals surface area (Å²) in [5.74, 6) is 1.55. The Morgan fingerprint density at radius 3 is 2.50 bits per heavy atom. The van der Waals surface area contributed by atoms with Crippen molar-refractivity contribution in [1.82, 2.24) is 15.5 Å². The van der Waals surface area contributed by atoms with E-state index in [-0.39, 0.29) is 0 Å². The number of anilines is 1. The van der Waals surface area contributed by atoms with Crippen LogP contribution in [-0.2, 0) is 6.54 Å². The van der Waals surface area contributed by atoms with Crippen molar-refractivity contribution >= 4 is 5.82 Å². The van der Waals surface area contributed by atoms with Crippen LogP contribution in [-0.4, -0.2) is 29.3 Å². The van der Waals surface area contributed by atoms with Crippen LogP contribution in [0.3, 0.4) is 0 Å². The van der Waals surface area contributed by atoms with E-state index in [0.29, 0.717) is 12.0 Å². The van der Waals surface area contributed by atoms with Crippen LogP contribution in [0.15, 0.2) is 12.1 Å². The fourth-order valence-electron chi connectivity index (χ4n) is 1.83. The van der Waals surface area contributed by atoms with E-state index in [9.17, 15) is 0 Å².